The Morgan fingerprint density at radius 3 is 2.18 bits per heavy atom. The van der Waals surface area contributed by atoms with Crippen molar-refractivity contribution in [3.8, 4) is 0 Å². The van der Waals surface area contributed by atoms with Crippen LogP contribution in [0.4, 0.5) is 0 Å². The second-order valence-electron chi connectivity index (χ2n) is 7.41. The Hall–Kier alpha value is -2.39. The fraction of sp³-hybridized carbons (Fsp3) is 0.400. The van der Waals surface area contributed by atoms with Gasteiger partial charge >= 0.3 is 0 Å². The molecule has 0 aliphatic rings. The molecule has 0 saturated heterocycles. The van der Waals surface area contributed by atoms with Crippen LogP contribution in [0, 0.1) is 0 Å². The highest BCUT2D eigenvalue weighted by molar-refractivity contribution is 5.18. The van der Waals surface area contributed by atoms with Gasteiger partial charge in [0.05, 0.1) is 19.0 Å². The molecule has 0 spiro atoms. The molecule has 0 amide bonds. The quantitative estimate of drug-likeness (QED) is 0.315. The molecule has 1 unspecified atom stereocenters. The predicted octanol–water partition coefficient (Wildman–Crippen LogP) is 6.57. The molecule has 28 heavy (non-hydrogen) atoms. The molecule has 0 N–H and O–H groups in total. The minimum absolute atomic E-state index is 0.183. The summed E-state index contributed by atoms with van der Waals surface area (Å²) in [7, 11) is 0. The van der Waals surface area contributed by atoms with Crippen LogP contribution < -0.4 is 0 Å². The molecule has 1 atom stereocenters. The van der Waals surface area contributed by atoms with Crippen LogP contribution in [0.15, 0.2) is 79.4 Å². The summed E-state index contributed by atoms with van der Waals surface area (Å²) >= 11 is 0. The molecule has 0 bridgehead atoms. The molecule has 3 aromatic rings. The number of rotatable bonds is 13. The lowest BCUT2D eigenvalue weighted by Crippen LogP contribution is -2.05. The highest BCUT2D eigenvalue weighted by atomic mass is 16.5. The SMILES string of the molecule is c1ccc(COC(CCCCCCCCn2ccnc2)c2ccccc2)cc1. The Balaban J connectivity index is 1.34. The molecule has 0 radical (unpaired) electrons. The number of imidazole rings is 1. The molecular formula is C25H32N2O. The van der Waals surface area contributed by atoms with Crippen LogP contribution >= 0.6 is 0 Å². The summed E-state index contributed by atoms with van der Waals surface area (Å²) in [5, 5.41) is 0. The van der Waals surface area contributed by atoms with Gasteiger partial charge in [0.1, 0.15) is 0 Å². The van der Waals surface area contributed by atoms with Gasteiger partial charge in [-0.1, -0.05) is 92.8 Å². The molecule has 3 rings (SSSR count). The maximum absolute atomic E-state index is 6.29. The number of hydrogen-bond acceptors (Lipinski definition) is 2. The van der Waals surface area contributed by atoms with E-state index in [0.29, 0.717) is 6.61 Å². The lowest BCUT2D eigenvalue weighted by molar-refractivity contribution is 0.0321. The summed E-state index contributed by atoms with van der Waals surface area (Å²) in [6.07, 6.45) is 14.7. The Labute approximate surface area is 169 Å². The van der Waals surface area contributed by atoms with Gasteiger partial charge in [-0.05, 0) is 24.0 Å². The van der Waals surface area contributed by atoms with Crippen molar-refractivity contribution >= 4 is 0 Å². The monoisotopic (exact) mass is 376 g/mol. The minimum Gasteiger partial charge on any atom is -0.369 e. The standard InChI is InChI=1S/C25H32N2O/c1(2-4-12-19-27-20-18-26-22-27)3-11-17-25(24-15-9-6-10-16-24)28-21-23-13-7-5-8-14-23/h5-10,13-16,18,20,22,25H,1-4,11-12,17,19,21H2. The minimum atomic E-state index is 0.183. The van der Waals surface area contributed by atoms with Crippen molar-refractivity contribution in [1.82, 2.24) is 9.55 Å². The van der Waals surface area contributed by atoms with E-state index < -0.39 is 0 Å². The number of aromatic nitrogens is 2. The number of ether oxygens (including phenoxy) is 1. The zero-order chi connectivity index (χ0) is 19.3. The van der Waals surface area contributed by atoms with Crippen LogP contribution in [0.2, 0.25) is 0 Å². The lowest BCUT2D eigenvalue weighted by Gasteiger charge is -2.18. The third-order valence-electron chi connectivity index (χ3n) is 5.16. The van der Waals surface area contributed by atoms with Crippen molar-refractivity contribution in [3.05, 3.63) is 90.5 Å². The summed E-state index contributed by atoms with van der Waals surface area (Å²) in [5.74, 6) is 0. The first-order chi connectivity index (χ1) is 13.9. The van der Waals surface area contributed by atoms with Crippen LogP contribution in [0.5, 0.6) is 0 Å². The maximum Gasteiger partial charge on any atom is 0.0945 e. The van der Waals surface area contributed by atoms with E-state index in [1.54, 1.807) is 0 Å². The second kappa shape index (κ2) is 12.1. The Morgan fingerprint density at radius 2 is 1.46 bits per heavy atom. The third-order valence-corrected chi connectivity index (χ3v) is 5.16. The van der Waals surface area contributed by atoms with Gasteiger partial charge in [0.2, 0.25) is 0 Å². The number of aryl methyl sites for hydroxylation is 1. The van der Waals surface area contributed by atoms with Crippen LogP contribution in [0.1, 0.15) is 62.2 Å². The molecule has 3 nitrogen and oxygen atoms in total. The van der Waals surface area contributed by atoms with Crippen LogP contribution in [-0.4, -0.2) is 9.55 Å². The number of nitrogens with zero attached hydrogens (tertiary/aromatic N) is 2. The molecule has 0 fully saturated rings. The first-order valence-electron chi connectivity index (χ1n) is 10.6. The summed E-state index contributed by atoms with van der Waals surface area (Å²) in [6, 6.07) is 21.1. The van der Waals surface area contributed by atoms with E-state index >= 15 is 0 Å². The van der Waals surface area contributed by atoms with E-state index in [0.717, 1.165) is 13.0 Å². The van der Waals surface area contributed by atoms with Gasteiger partial charge in [-0.2, -0.15) is 0 Å². The van der Waals surface area contributed by atoms with Crippen molar-refractivity contribution in [2.24, 2.45) is 0 Å². The van der Waals surface area contributed by atoms with Crippen molar-refractivity contribution < 1.29 is 4.74 Å². The molecule has 0 saturated carbocycles. The van der Waals surface area contributed by atoms with Crippen molar-refractivity contribution in [1.29, 1.82) is 0 Å². The summed E-state index contributed by atoms with van der Waals surface area (Å²) < 4.78 is 8.45. The zero-order valence-electron chi connectivity index (χ0n) is 16.7. The molecule has 2 aromatic carbocycles. The lowest BCUT2D eigenvalue weighted by atomic mass is 10.0. The van der Waals surface area contributed by atoms with E-state index in [1.807, 2.05) is 24.8 Å². The maximum atomic E-state index is 6.29. The van der Waals surface area contributed by atoms with Gasteiger partial charge in [0.25, 0.3) is 0 Å². The molecule has 1 aromatic heterocycles. The average Bonchev–Trinajstić information content (AvgIpc) is 3.27. The first-order valence-corrected chi connectivity index (χ1v) is 10.6. The van der Waals surface area contributed by atoms with Gasteiger partial charge in [-0.25, -0.2) is 4.98 Å². The second-order valence-corrected chi connectivity index (χ2v) is 7.41. The smallest absolute Gasteiger partial charge is 0.0945 e. The summed E-state index contributed by atoms with van der Waals surface area (Å²) in [5.41, 5.74) is 2.53. The fourth-order valence-corrected chi connectivity index (χ4v) is 3.54. The van der Waals surface area contributed by atoms with E-state index in [1.165, 1.54) is 49.7 Å². The van der Waals surface area contributed by atoms with E-state index in [2.05, 4.69) is 64.1 Å². The van der Waals surface area contributed by atoms with Crippen LogP contribution in [0.3, 0.4) is 0 Å². The molecule has 3 heteroatoms. The average molecular weight is 377 g/mol. The number of hydrogen-bond donors (Lipinski definition) is 0. The van der Waals surface area contributed by atoms with E-state index in [9.17, 15) is 0 Å². The number of unbranched alkanes of at least 4 members (excludes halogenated alkanes) is 5. The van der Waals surface area contributed by atoms with E-state index in [4.69, 9.17) is 4.74 Å². The third kappa shape index (κ3) is 7.32. The summed E-state index contributed by atoms with van der Waals surface area (Å²) in [6.45, 7) is 1.76. The van der Waals surface area contributed by atoms with Gasteiger partial charge in [0, 0.05) is 18.9 Å². The molecular weight excluding hydrogens is 344 g/mol. The number of benzene rings is 2. The molecule has 0 aliphatic heterocycles. The topological polar surface area (TPSA) is 27.1 Å². The van der Waals surface area contributed by atoms with Gasteiger partial charge in [-0.3, -0.25) is 0 Å². The van der Waals surface area contributed by atoms with E-state index in [-0.39, 0.29) is 6.10 Å². The van der Waals surface area contributed by atoms with Crippen LogP contribution in [0.25, 0.3) is 0 Å². The normalized spacial score (nSPS) is 12.1. The molecule has 1 heterocycles. The Bertz CT molecular complexity index is 741. The van der Waals surface area contributed by atoms with Crippen LogP contribution in [-0.2, 0) is 17.9 Å². The Morgan fingerprint density at radius 1 is 0.786 bits per heavy atom. The van der Waals surface area contributed by atoms with Gasteiger partial charge in [0.15, 0.2) is 0 Å². The zero-order valence-corrected chi connectivity index (χ0v) is 16.7. The van der Waals surface area contributed by atoms with Crippen molar-refractivity contribution in [2.75, 3.05) is 0 Å². The molecule has 0 aliphatic carbocycles. The highest BCUT2D eigenvalue weighted by Gasteiger charge is 2.11. The van der Waals surface area contributed by atoms with Crippen molar-refractivity contribution in [3.63, 3.8) is 0 Å². The largest absolute Gasteiger partial charge is 0.369 e. The van der Waals surface area contributed by atoms with Gasteiger partial charge < -0.3 is 9.30 Å². The molecule has 148 valence electrons. The highest BCUT2D eigenvalue weighted by Crippen LogP contribution is 2.25. The van der Waals surface area contributed by atoms with Gasteiger partial charge in [-0.15, -0.1) is 0 Å². The summed E-state index contributed by atoms with van der Waals surface area (Å²) in [4.78, 5) is 4.09. The first kappa shape index (κ1) is 20.3. The van der Waals surface area contributed by atoms with Crippen molar-refractivity contribution in [2.45, 2.75) is 64.2 Å². The Kier molecular flexibility index (Phi) is 8.82. The fourth-order valence-electron chi connectivity index (χ4n) is 3.54. The predicted molar refractivity (Wildman–Crippen MR) is 115 cm³/mol.